The number of nitrogens with zero attached hydrogens (tertiary/aromatic N) is 4. The van der Waals surface area contributed by atoms with Crippen molar-refractivity contribution in [3.63, 3.8) is 0 Å². The Morgan fingerprint density at radius 3 is 3.00 bits per heavy atom. The number of thioether (sulfide) groups is 1. The lowest BCUT2D eigenvalue weighted by Crippen LogP contribution is -2.02. The monoisotopic (exact) mass is 310 g/mol. The molecule has 0 saturated carbocycles. The van der Waals surface area contributed by atoms with Gasteiger partial charge in [-0.05, 0) is 19.4 Å². The summed E-state index contributed by atoms with van der Waals surface area (Å²) in [6.45, 7) is 4.87. The molecule has 2 aromatic rings. The fourth-order valence-corrected chi connectivity index (χ4v) is 2.34. The van der Waals surface area contributed by atoms with Crippen molar-refractivity contribution in [1.82, 2.24) is 20.0 Å². The summed E-state index contributed by atoms with van der Waals surface area (Å²) in [5.41, 5.74) is 1.71. The van der Waals surface area contributed by atoms with Gasteiger partial charge in [-0.2, -0.15) is 5.10 Å². The molecule has 0 amide bonds. The summed E-state index contributed by atoms with van der Waals surface area (Å²) in [7, 11) is 1.34. The van der Waals surface area contributed by atoms with Crippen molar-refractivity contribution in [1.29, 1.82) is 0 Å². The highest BCUT2D eigenvalue weighted by molar-refractivity contribution is 7.99. The van der Waals surface area contributed by atoms with Crippen LogP contribution in [0.3, 0.4) is 0 Å². The zero-order valence-electron chi connectivity index (χ0n) is 12.3. The van der Waals surface area contributed by atoms with Crippen LogP contribution >= 0.6 is 11.8 Å². The van der Waals surface area contributed by atoms with Gasteiger partial charge in [-0.25, -0.2) is 0 Å². The highest BCUT2D eigenvalue weighted by Crippen LogP contribution is 2.24. The van der Waals surface area contributed by atoms with Crippen LogP contribution in [0.4, 0.5) is 0 Å². The maximum absolute atomic E-state index is 11.1. The molecule has 0 aliphatic rings. The molecular formula is C13H18N4O3S. The lowest BCUT2D eigenvalue weighted by atomic mass is 10.3. The molecule has 114 valence electrons. The number of aryl methyl sites for hydroxylation is 2. The Balaban J connectivity index is 2.11. The van der Waals surface area contributed by atoms with Crippen LogP contribution in [-0.4, -0.2) is 38.8 Å². The number of ether oxygens (including phenoxy) is 1. The SMILES string of the molecule is CCCCn1nc(C)cc1-c1nnc(SCC(=O)OC)o1. The molecule has 21 heavy (non-hydrogen) atoms. The van der Waals surface area contributed by atoms with Crippen molar-refractivity contribution in [3.05, 3.63) is 11.8 Å². The van der Waals surface area contributed by atoms with Crippen molar-refractivity contribution in [2.24, 2.45) is 0 Å². The molecule has 0 aliphatic heterocycles. The summed E-state index contributed by atoms with van der Waals surface area (Å²) < 4.78 is 12.0. The second-order valence-electron chi connectivity index (χ2n) is 4.49. The first-order valence-electron chi connectivity index (χ1n) is 6.72. The van der Waals surface area contributed by atoms with E-state index in [0.29, 0.717) is 11.1 Å². The van der Waals surface area contributed by atoms with Gasteiger partial charge in [-0.15, -0.1) is 10.2 Å². The highest BCUT2D eigenvalue weighted by atomic mass is 32.2. The number of carbonyl (C=O) groups excluding carboxylic acids is 1. The van der Waals surface area contributed by atoms with Crippen LogP contribution in [0.1, 0.15) is 25.5 Å². The van der Waals surface area contributed by atoms with E-state index in [1.807, 2.05) is 17.7 Å². The first-order chi connectivity index (χ1) is 10.1. The molecule has 0 spiro atoms. The quantitative estimate of drug-likeness (QED) is 0.573. The Bertz CT molecular complexity index is 608. The minimum Gasteiger partial charge on any atom is -0.468 e. The second-order valence-corrected chi connectivity index (χ2v) is 5.41. The molecule has 0 fully saturated rings. The van der Waals surface area contributed by atoms with Crippen LogP contribution in [-0.2, 0) is 16.1 Å². The number of hydrogen-bond donors (Lipinski definition) is 0. The third kappa shape index (κ3) is 4.07. The molecule has 7 nitrogen and oxygen atoms in total. The third-order valence-corrected chi connectivity index (χ3v) is 3.58. The number of esters is 1. The lowest BCUT2D eigenvalue weighted by Gasteiger charge is -2.02. The number of rotatable bonds is 7. The molecule has 0 aliphatic carbocycles. The van der Waals surface area contributed by atoms with Gasteiger partial charge >= 0.3 is 5.97 Å². The molecule has 0 aromatic carbocycles. The van der Waals surface area contributed by atoms with Crippen molar-refractivity contribution < 1.29 is 13.9 Å². The van der Waals surface area contributed by atoms with Crippen molar-refractivity contribution in [2.75, 3.05) is 12.9 Å². The van der Waals surface area contributed by atoms with Crippen LogP contribution < -0.4 is 0 Å². The first-order valence-corrected chi connectivity index (χ1v) is 7.70. The number of methoxy groups -OCH3 is 1. The van der Waals surface area contributed by atoms with Gasteiger partial charge in [0, 0.05) is 6.54 Å². The summed E-state index contributed by atoms with van der Waals surface area (Å²) in [6.07, 6.45) is 2.12. The molecule has 0 unspecified atom stereocenters. The summed E-state index contributed by atoms with van der Waals surface area (Å²) in [5.74, 6) is 0.231. The zero-order chi connectivity index (χ0) is 15.2. The molecule has 0 saturated heterocycles. The Morgan fingerprint density at radius 2 is 2.29 bits per heavy atom. The average Bonchev–Trinajstić information content (AvgIpc) is 3.08. The van der Waals surface area contributed by atoms with E-state index in [1.54, 1.807) is 0 Å². The molecule has 0 bridgehead atoms. The minimum absolute atomic E-state index is 0.145. The van der Waals surface area contributed by atoms with E-state index in [2.05, 4.69) is 27.0 Å². The maximum Gasteiger partial charge on any atom is 0.316 e. The predicted molar refractivity (Wildman–Crippen MR) is 77.9 cm³/mol. The van der Waals surface area contributed by atoms with Gasteiger partial charge in [-0.3, -0.25) is 9.48 Å². The van der Waals surface area contributed by atoms with E-state index in [-0.39, 0.29) is 11.7 Å². The molecule has 2 aromatic heterocycles. The van der Waals surface area contributed by atoms with E-state index >= 15 is 0 Å². The fourth-order valence-electron chi connectivity index (χ4n) is 1.75. The van der Waals surface area contributed by atoms with E-state index in [4.69, 9.17) is 4.42 Å². The van der Waals surface area contributed by atoms with Crippen molar-refractivity contribution in [3.8, 4) is 11.6 Å². The summed E-state index contributed by atoms with van der Waals surface area (Å²) >= 11 is 1.15. The summed E-state index contributed by atoms with van der Waals surface area (Å²) in [6, 6.07) is 1.91. The molecule has 2 rings (SSSR count). The topological polar surface area (TPSA) is 83.0 Å². The van der Waals surface area contributed by atoms with Gasteiger partial charge < -0.3 is 9.15 Å². The molecular weight excluding hydrogens is 292 g/mol. The zero-order valence-corrected chi connectivity index (χ0v) is 13.1. The van der Waals surface area contributed by atoms with Gasteiger partial charge in [0.05, 0.1) is 12.8 Å². The Labute approximate surface area is 127 Å². The van der Waals surface area contributed by atoms with Gasteiger partial charge in [0.2, 0.25) is 0 Å². The standard InChI is InChI=1S/C13H18N4O3S/c1-4-5-6-17-10(7-9(2)16-17)12-14-15-13(20-12)21-8-11(18)19-3/h7H,4-6,8H2,1-3H3. The first kappa shape index (κ1) is 15.6. The lowest BCUT2D eigenvalue weighted by molar-refractivity contribution is -0.137. The van der Waals surface area contributed by atoms with E-state index in [9.17, 15) is 4.79 Å². The van der Waals surface area contributed by atoms with Crippen LogP contribution in [0.2, 0.25) is 0 Å². The highest BCUT2D eigenvalue weighted by Gasteiger charge is 2.16. The van der Waals surface area contributed by atoms with Crippen LogP contribution in [0.15, 0.2) is 15.7 Å². The van der Waals surface area contributed by atoms with E-state index in [0.717, 1.165) is 42.5 Å². The van der Waals surface area contributed by atoms with Crippen molar-refractivity contribution >= 4 is 17.7 Å². The smallest absolute Gasteiger partial charge is 0.316 e. The number of aromatic nitrogens is 4. The van der Waals surface area contributed by atoms with Gasteiger partial charge in [0.1, 0.15) is 11.4 Å². The summed E-state index contributed by atoms with van der Waals surface area (Å²) in [5, 5.41) is 12.7. The normalized spacial score (nSPS) is 10.8. The van der Waals surface area contributed by atoms with E-state index in [1.165, 1.54) is 7.11 Å². The number of hydrogen-bond acceptors (Lipinski definition) is 7. The van der Waals surface area contributed by atoms with Crippen LogP contribution in [0, 0.1) is 6.92 Å². The third-order valence-electron chi connectivity index (χ3n) is 2.79. The minimum atomic E-state index is -0.330. The largest absolute Gasteiger partial charge is 0.468 e. The van der Waals surface area contributed by atoms with Gasteiger partial charge in [-0.1, -0.05) is 25.1 Å². The number of carbonyl (C=O) groups is 1. The van der Waals surface area contributed by atoms with Crippen molar-refractivity contribution in [2.45, 2.75) is 38.5 Å². The predicted octanol–water partition coefficient (Wildman–Crippen LogP) is 2.31. The molecule has 8 heteroatoms. The van der Waals surface area contributed by atoms with Crippen LogP contribution in [0.5, 0.6) is 0 Å². The Morgan fingerprint density at radius 1 is 1.48 bits per heavy atom. The Kier molecular flexibility index (Phi) is 5.38. The summed E-state index contributed by atoms with van der Waals surface area (Å²) in [4.78, 5) is 11.1. The molecule has 0 N–H and O–H groups in total. The van der Waals surface area contributed by atoms with Gasteiger partial charge in [0.25, 0.3) is 11.1 Å². The Hall–Kier alpha value is -1.83. The maximum atomic E-state index is 11.1. The van der Waals surface area contributed by atoms with Gasteiger partial charge in [0.15, 0.2) is 0 Å². The number of unbranched alkanes of at least 4 members (excludes halogenated alkanes) is 1. The molecule has 2 heterocycles. The van der Waals surface area contributed by atoms with Crippen LogP contribution in [0.25, 0.3) is 11.6 Å². The molecule has 0 atom stereocenters. The average molecular weight is 310 g/mol. The molecule has 0 radical (unpaired) electrons. The van der Waals surface area contributed by atoms with E-state index < -0.39 is 0 Å². The fraction of sp³-hybridized carbons (Fsp3) is 0.538. The second kappa shape index (κ2) is 7.26.